The molecule has 0 N–H and O–H groups in total. The van der Waals surface area contributed by atoms with Crippen LogP contribution in [0, 0.1) is 0 Å². The lowest BCUT2D eigenvalue weighted by Crippen LogP contribution is -1.95. The summed E-state index contributed by atoms with van der Waals surface area (Å²) < 4.78 is 31.2. The standard InChI is InChI=1S/2C18H18O4/c2*1-20-15-8-5-13(6-9-15)4-7-14-10-16(21-2)11-18(22-3)17(14)12-19/h2*4-12H,1-3H3/b2*7-4+. The Bertz CT molecular complexity index is 1470. The lowest BCUT2D eigenvalue weighted by atomic mass is 10.0. The van der Waals surface area contributed by atoms with Crippen molar-refractivity contribution in [3.63, 3.8) is 0 Å². The molecule has 0 aromatic heterocycles. The molecule has 0 unspecified atom stereocenters. The van der Waals surface area contributed by atoms with Gasteiger partial charge in [-0.2, -0.15) is 0 Å². The summed E-state index contributed by atoms with van der Waals surface area (Å²) in [6.45, 7) is 0. The van der Waals surface area contributed by atoms with Crippen LogP contribution in [0.25, 0.3) is 24.3 Å². The lowest BCUT2D eigenvalue weighted by molar-refractivity contribution is 0.111. The van der Waals surface area contributed by atoms with Gasteiger partial charge in [0.2, 0.25) is 0 Å². The monoisotopic (exact) mass is 596 g/mol. The number of benzene rings is 4. The summed E-state index contributed by atoms with van der Waals surface area (Å²) in [5, 5.41) is 0. The average molecular weight is 597 g/mol. The van der Waals surface area contributed by atoms with Crippen molar-refractivity contribution in [2.75, 3.05) is 42.7 Å². The number of methoxy groups -OCH3 is 6. The third kappa shape index (κ3) is 8.75. The number of ether oxygens (including phenoxy) is 6. The van der Waals surface area contributed by atoms with E-state index in [4.69, 9.17) is 28.4 Å². The molecule has 0 aliphatic heterocycles. The Morgan fingerprint density at radius 2 is 0.750 bits per heavy atom. The number of carbonyl (C=O) groups excluding carboxylic acids is 2. The molecule has 8 heteroatoms. The van der Waals surface area contributed by atoms with Gasteiger partial charge in [-0.15, -0.1) is 0 Å². The molecule has 0 heterocycles. The predicted molar refractivity (Wildman–Crippen MR) is 174 cm³/mol. The molecule has 228 valence electrons. The van der Waals surface area contributed by atoms with Gasteiger partial charge in [-0.05, 0) is 58.7 Å². The van der Waals surface area contributed by atoms with E-state index in [0.717, 1.165) is 46.3 Å². The van der Waals surface area contributed by atoms with Crippen LogP contribution in [0.1, 0.15) is 43.0 Å². The molecule has 0 spiro atoms. The van der Waals surface area contributed by atoms with Crippen molar-refractivity contribution >= 4 is 36.9 Å². The zero-order chi connectivity index (χ0) is 31.9. The fourth-order valence-electron chi connectivity index (χ4n) is 4.15. The molecule has 0 radical (unpaired) electrons. The molecule has 0 atom stereocenters. The van der Waals surface area contributed by atoms with Crippen LogP contribution >= 0.6 is 0 Å². The Morgan fingerprint density at radius 3 is 1.02 bits per heavy atom. The first kappa shape index (κ1) is 33.0. The fraction of sp³-hybridized carbons (Fsp3) is 0.167. The van der Waals surface area contributed by atoms with Crippen molar-refractivity contribution in [1.29, 1.82) is 0 Å². The van der Waals surface area contributed by atoms with Gasteiger partial charge in [0.25, 0.3) is 0 Å². The Balaban J connectivity index is 0.000000240. The summed E-state index contributed by atoms with van der Waals surface area (Å²) in [6, 6.07) is 22.3. The Labute approximate surface area is 258 Å². The predicted octanol–water partition coefficient (Wildman–Crippen LogP) is 7.39. The highest BCUT2D eigenvalue weighted by atomic mass is 16.5. The first-order chi connectivity index (χ1) is 21.4. The quantitative estimate of drug-likeness (QED) is 0.124. The second kappa shape index (κ2) is 16.8. The van der Waals surface area contributed by atoms with Gasteiger partial charge in [0.15, 0.2) is 12.6 Å². The fourth-order valence-corrected chi connectivity index (χ4v) is 4.15. The molecule has 4 aromatic carbocycles. The van der Waals surface area contributed by atoms with Crippen LogP contribution in [-0.4, -0.2) is 55.2 Å². The van der Waals surface area contributed by atoms with Crippen LogP contribution in [0.2, 0.25) is 0 Å². The summed E-state index contributed by atoms with van der Waals surface area (Å²) in [7, 11) is 9.46. The van der Waals surface area contributed by atoms with Gasteiger partial charge in [0, 0.05) is 12.1 Å². The molecule has 0 amide bonds. The lowest BCUT2D eigenvalue weighted by Gasteiger charge is -2.10. The second-order valence-corrected chi connectivity index (χ2v) is 9.11. The molecular formula is C36H36O8. The van der Waals surface area contributed by atoms with E-state index in [0.29, 0.717) is 34.1 Å². The minimum atomic E-state index is 0.490. The summed E-state index contributed by atoms with van der Waals surface area (Å²) in [5.74, 6) is 3.85. The topological polar surface area (TPSA) is 89.5 Å². The van der Waals surface area contributed by atoms with E-state index in [1.54, 1.807) is 52.7 Å². The Morgan fingerprint density at radius 1 is 0.409 bits per heavy atom. The zero-order valence-electron chi connectivity index (χ0n) is 25.7. The molecule has 0 saturated carbocycles. The first-order valence-electron chi connectivity index (χ1n) is 13.5. The SMILES string of the molecule is COc1ccc(/C=C/c2cc(OC)cc(OC)c2C=O)cc1.COc1ccc(/C=C/c2cc(OC)cc(OC)c2C=O)cc1. The average Bonchev–Trinajstić information content (AvgIpc) is 3.09. The van der Waals surface area contributed by atoms with Gasteiger partial charge in [-0.1, -0.05) is 48.6 Å². The van der Waals surface area contributed by atoms with Gasteiger partial charge in [-0.25, -0.2) is 0 Å². The van der Waals surface area contributed by atoms with Crippen LogP contribution in [0.3, 0.4) is 0 Å². The Kier molecular flexibility index (Phi) is 12.6. The van der Waals surface area contributed by atoms with Crippen LogP contribution in [0.15, 0.2) is 72.8 Å². The highest BCUT2D eigenvalue weighted by Gasteiger charge is 2.11. The van der Waals surface area contributed by atoms with Gasteiger partial charge >= 0.3 is 0 Å². The molecule has 0 fully saturated rings. The smallest absolute Gasteiger partial charge is 0.154 e. The van der Waals surface area contributed by atoms with Gasteiger partial charge in [0.1, 0.15) is 34.5 Å². The van der Waals surface area contributed by atoms with E-state index in [9.17, 15) is 9.59 Å². The maximum atomic E-state index is 11.3. The van der Waals surface area contributed by atoms with Crippen molar-refractivity contribution in [3.05, 3.63) is 106 Å². The number of hydrogen-bond acceptors (Lipinski definition) is 8. The summed E-state index contributed by atoms with van der Waals surface area (Å²) in [4.78, 5) is 22.7. The highest BCUT2D eigenvalue weighted by Crippen LogP contribution is 2.30. The van der Waals surface area contributed by atoms with Crippen LogP contribution in [-0.2, 0) is 0 Å². The normalized spacial score (nSPS) is 10.5. The van der Waals surface area contributed by atoms with Crippen LogP contribution in [0.5, 0.6) is 34.5 Å². The molecule has 0 saturated heterocycles. The zero-order valence-corrected chi connectivity index (χ0v) is 25.7. The highest BCUT2D eigenvalue weighted by molar-refractivity contribution is 5.90. The molecular weight excluding hydrogens is 560 g/mol. The minimum Gasteiger partial charge on any atom is -0.497 e. The van der Waals surface area contributed by atoms with Crippen molar-refractivity contribution in [1.82, 2.24) is 0 Å². The van der Waals surface area contributed by atoms with E-state index in [2.05, 4.69) is 0 Å². The number of hydrogen-bond donors (Lipinski definition) is 0. The third-order valence-electron chi connectivity index (χ3n) is 6.58. The van der Waals surface area contributed by atoms with Crippen LogP contribution in [0.4, 0.5) is 0 Å². The van der Waals surface area contributed by atoms with Gasteiger partial charge in [0.05, 0.1) is 53.8 Å². The summed E-state index contributed by atoms with van der Waals surface area (Å²) in [6.07, 6.45) is 9.12. The summed E-state index contributed by atoms with van der Waals surface area (Å²) in [5.41, 5.74) is 4.46. The van der Waals surface area contributed by atoms with Crippen molar-refractivity contribution in [3.8, 4) is 34.5 Å². The molecule has 0 aliphatic rings. The molecule has 8 nitrogen and oxygen atoms in total. The largest absolute Gasteiger partial charge is 0.497 e. The Hall–Kier alpha value is -5.50. The number of carbonyl (C=O) groups is 2. The van der Waals surface area contributed by atoms with Crippen molar-refractivity contribution in [2.24, 2.45) is 0 Å². The molecule has 4 rings (SSSR count). The minimum absolute atomic E-state index is 0.490. The van der Waals surface area contributed by atoms with Crippen LogP contribution < -0.4 is 28.4 Å². The second-order valence-electron chi connectivity index (χ2n) is 9.11. The van der Waals surface area contributed by atoms with E-state index in [1.807, 2.05) is 72.8 Å². The maximum absolute atomic E-state index is 11.3. The van der Waals surface area contributed by atoms with E-state index >= 15 is 0 Å². The van der Waals surface area contributed by atoms with E-state index in [1.165, 1.54) is 14.2 Å². The van der Waals surface area contributed by atoms with Crippen molar-refractivity contribution in [2.45, 2.75) is 0 Å². The first-order valence-corrected chi connectivity index (χ1v) is 13.5. The molecule has 0 aliphatic carbocycles. The molecule has 0 bridgehead atoms. The third-order valence-corrected chi connectivity index (χ3v) is 6.58. The molecule has 4 aromatic rings. The number of aldehydes is 2. The maximum Gasteiger partial charge on any atom is 0.154 e. The van der Waals surface area contributed by atoms with Gasteiger partial charge in [-0.3, -0.25) is 9.59 Å². The van der Waals surface area contributed by atoms with Crippen molar-refractivity contribution < 1.29 is 38.0 Å². The van der Waals surface area contributed by atoms with Gasteiger partial charge < -0.3 is 28.4 Å². The van der Waals surface area contributed by atoms with E-state index in [-0.39, 0.29) is 0 Å². The summed E-state index contributed by atoms with van der Waals surface area (Å²) >= 11 is 0. The van der Waals surface area contributed by atoms with E-state index < -0.39 is 0 Å². The molecule has 44 heavy (non-hydrogen) atoms. The number of rotatable bonds is 12.